The molecule has 1 heterocycles. The average molecular weight is 278 g/mol. The average Bonchev–Trinajstić information content (AvgIpc) is 2.47. The first-order valence-electron chi connectivity index (χ1n) is 7.17. The summed E-state index contributed by atoms with van der Waals surface area (Å²) in [6, 6.07) is 16.3. The third-order valence-electron chi connectivity index (χ3n) is 3.67. The lowest BCUT2D eigenvalue weighted by atomic mass is 9.92. The van der Waals surface area contributed by atoms with Crippen LogP contribution in [0.2, 0.25) is 0 Å². The fourth-order valence-electron chi connectivity index (χ4n) is 2.68. The Morgan fingerprint density at radius 3 is 2.62 bits per heavy atom. The Morgan fingerprint density at radius 2 is 1.90 bits per heavy atom. The molecule has 106 valence electrons. The Hall–Kier alpha value is -2.35. The monoisotopic (exact) mass is 278 g/mol. The molecule has 21 heavy (non-hydrogen) atoms. The van der Waals surface area contributed by atoms with Crippen LogP contribution < -0.4 is 4.74 Å². The molecule has 0 N–H and O–H groups in total. The molecule has 0 aliphatic carbocycles. The molecule has 2 nitrogen and oxygen atoms in total. The molecular formula is C19H18O2. The fourth-order valence-corrected chi connectivity index (χ4v) is 2.68. The number of aryl methyl sites for hydroxylation is 1. The van der Waals surface area contributed by atoms with Crippen LogP contribution in [0, 0.1) is 6.92 Å². The van der Waals surface area contributed by atoms with E-state index in [1.165, 1.54) is 5.56 Å². The lowest BCUT2D eigenvalue weighted by molar-refractivity contribution is -0.118. The van der Waals surface area contributed by atoms with Gasteiger partial charge < -0.3 is 4.74 Å². The van der Waals surface area contributed by atoms with Crippen LogP contribution in [-0.4, -0.2) is 11.9 Å². The number of hydrogen-bond donors (Lipinski definition) is 0. The minimum atomic E-state index is -0.208. The minimum absolute atomic E-state index is 0.136. The first kappa shape index (κ1) is 13.6. The first-order chi connectivity index (χ1) is 10.1. The SMILES string of the molecule is CC(=O)CC1Oc2ccc(C)cc2C=C1c1ccccc1. The van der Waals surface area contributed by atoms with E-state index in [-0.39, 0.29) is 11.9 Å². The maximum Gasteiger partial charge on any atom is 0.133 e. The first-order valence-corrected chi connectivity index (χ1v) is 7.17. The summed E-state index contributed by atoms with van der Waals surface area (Å²) >= 11 is 0. The third-order valence-corrected chi connectivity index (χ3v) is 3.67. The van der Waals surface area contributed by atoms with Crippen LogP contribution in [0.5, 0.6) is 5.75 Å². The van der Waals surface area contributed by atoms with Gasteiger partial charge in [-0.1, -0.05) is 42.0 Å². The fraction of sp³-hybridized carbons (Fsp3) is 0.211. The summed E-state index contributed by atoms with van der Waals surface area (Å²) in [4.78, 5) is 11.5. The van der Waals surface area contributed by atoms with E-state index < -0.39 is 0 Å². The number of benzene rings is 2. The van der Waals surface area contributed by atoms with Gasteiger partial charge >= 0.3 is 0 Å². The number of carbonyl (C=O) groups excluding carboxylic acids is 1. The van der Waals surface area contributed by atoms with Gasteiger partial charge in [0.15, 0.2) is 0 Å². The van der Waals surface area contributed by atoms with Gasteiger partial charge in [0.25, 0.3) is 0 Å². The van der Waals surface area contributed by atoms with Gasteiger partial charge in [0.05, 0.1) is 0 Å². The van der Waals surface area contributed by atoms with Crippen molar-refractivity contribution in [3.8, 4) is 5.75 Å². The highest BCUT2D eigenvalue weighted by Gasteiger charge is 2.25. The summed E-state index contributed by atoms with van der Waals surface area (Å²) in [5, 5.41) is 0. The molecule has 0 fully saturated rings. The van der Waals surface area contributed by atoms with Crippen LogP contribution in [-0.2, 0) is 4.79 Å². The van der Waals surface area contributed by atoms with Crippen molar-refractivity contribution < 1.29 is 9.53 Å². The predicted octanol–water partition coefficient (Wildman–Crippen LogP) is 4.28. The highest BCUT2D eigenvalue weighted by Crippen LogP contribution is 2.36. The number of ketones is 1. The molecule has 2 heteroatoms. The third kappa shape index (κ3) is 2.89. The lowest BCUT2D eigenvalue weighted by Crippen LogP contribution is -2.24. The van der Waals surface area contributed by atoms with Crippen molar-refractivity contribution in [2.75, 3.05) is 0 Å². The van der Waals surface area contributed by atoms with E-state index >= 15 is 0 Å². The van der Waals surface area contributed by atoms with E-state index in [0.29, 0.717) is 6.42 Å². The Bertz CT molecular complexity index is 699. The molecule has 2 aromatic carbocycles. The largest absolute Gasteiger partial charge is 0.485 e. The number of rotatable bonds is 3. The normalized spacial score (nSPS) is 16.7. The van der Waals surface area contributed by atoms with Gasteiger partial charge in [0, 0.05) is 17.6 Å². The van der Waals surface area contributed by atoms with Gasteiger partial charge in [-0.25, -0.2) is 0 Å². The molecule has 1 unspecified atom stereocenters. The maximum atomic E-state index is 11.5. The van der Waals surface area contributed by atoms with Gasteiger partial charge in [0.1, 0.15) is 17.6 Å². The van der Waals surface area contributed by atoms with E-state index in [4.69, 9.17) is 4.74 Å². The van der Waals surface area contributed by atoms with Gasteiger partial charge in [-0.15, -0.1) is 0 Å². The molecular weight excluding hydrogens is 260 g/mol. The molecule has 0 radical (unpaired) electrons. The summed E-state index contributed by atoms with van der Waals surface area (Å²) in [6.07, 6.45) is 2.34. The molecule has 1 atom stereocenters. The zero-order valence-corrected chi connectivity index (χ0v) is 12.3. The van der Waals surface area contributed by atoms with Gasteiger partial charge in [-0.05, 0) is 37.6 Å². The summed E-state index contributed by atoms with van der Waals surface area (Å²) in [7, 11) is 0. The molecule has 1 aliphatic rings. The van der Waals surface area contributed by atoms with Crippen molar-refractivity contribution in [3.05, 3.63) is 65.2 Å². The van der Waals surface area contributed by atoms with Crippen LogP contribution in [0.25, 0.3) is 11.6 Å². The van der Waals surface area contributed by atoms with Gasteiger partial charge in [0.2, 0.25) is 0 Å². The van der Waals surface area contributed by atoms with Crippen LogP contribution in [0.4, 0.5) is 0 Å². The van der Waals surface area contributed by atoms with E-state index in [1.54, 1.807) is 6.92 Å². The quantitative estimate of drug-likeness (QED) is 0.837. The molecule has 2 aromatic rings. The van der Waals surface area contributed by atoms with E-state index in [0.717, 1.165) is 22.4 Å². The van der Waals surface area contributed by atoms with Gasteiger partial charge in [-0.2, -0.15) is 0 Å². The number of fused-ring (bicyclic) bond motifs is 1. The molecule has 0 saturated heterocycles. The van der Waals surface area contributed by atoms with Crippen molar-refractivity contribution in [2.24, 2.45) is 0 Å². The number of Topliss-reactive ketones (excluding diaryl/α,β-unsaturated/α-hetero) is 1. The highest BCUT2D eigenvalue weighted by atomic mass is 16.5. The molecule has 0 spiro atoms. The maximum absolute atomic E-state index is 11.5. The zero-order valence-electron chi connectivity index (χ0n) is 12.3. The van der Waals surface area contributed by atoms with Crippen molar-refractivity contribution in [1.29, 1.82) is 0 Å². The zero-order chi connectivity index (χ0) is 14.8. The van der Waals surface area contributed by atoms with E-state index in [1.807, 2.05) is 30.3 Å². The molecule has 0 aromatic heterocycles. The topological polar surface area (TPSA) is 26.3 Å². The summed E-state index contributed by atoms with van der Waals surface area (Å²) in [6.45, 7) is 3.68. The van der Waals surface area contributed by atoms with Crippen LogP contribution in [0.15, 0.2) is 48.5 Å². The van der Waals surface area contributed by atoms with Gasteiger partial charge in [-0.3, -0.25) is 4.79 Å². The smallest absolute Gasteiger partial charge is 0.133 e. The number of carbonyl (C=O) groups is 1. The second-order valence-corrected chi connectivity index (χ2v) is 5.52. The standard InChI is InChI=1S/C19H18O2/c1-13-8-9-18-16(10-13)12-17(15-6-4-3-5-7-15)19(21-18)11-14(2)20/h3-10,12,19H,11H2,1-2H3. The summed E-state index contributed by atoms with van der Waals surface area (Å²) < 4.78 is 6.08. The van der Waals surface area contributed by atoms with Crippen molar-refractivity contribution in [2.45, 2.75) is 26.4 Å². The highest BCUT2D eigenvalue weighted by molar-refractivity contribution is 5.90. The van der Waals surface area contributed by atoms with Crippen molar-refractivity contribution in [3.63, 3.8) is 0 Å². The number of ether oxygens (including phenoxy) is 1. The Morgan fingerprint density at radius 1 is 1.14 bits per heavy atom. The summed E-state index contributed by atoms with van der Waals surface area (Å²) in [5.41, 5.74) is 4.46. The number of hydrogen-bond acceptors (Lipinski definition) is 2. The van der Waals surface area contributed by atoms with Crippen molar-refractivity contribution in [1.82, 2.24) is 0 Å². The second-order valence-electron chi connectivity index (χ2n) is 5.52. The summed E-state index contributed by atoms with van der Waals surface area (Å²) in [5.74, 6) is 0.990. The Kier molecular flexibility index (Phi) is 3.61. The molecule has 1 aliphatic heterocycles. The lowest BCUT2D eigenvalue weighted by Gasteiger charge is -2.27. The Balaban J connectivity index is 2.08. The Labute approximate surface area is 125 Å². The van der Waals surface area contributed by atoms with Crippen LogP contribution in [0.1, 0.15) is 30.0 Å². The molecule has 3 rings (SSSR count). The predicted molar refractivity (Wildman–Crippen MR) is 85.2 cm³/mol. The van der Waals surface area contributed by atoms with Crippen LogP contribution in [0.3, 0.4) is 0 Å². The van der Waals surface area contributed by atoms with E-state index in [2.05, 4.69) is 31.2 Å². The molecule has 0 amide bonds. The minimum Gasteiger partial charge on any atom is -0.485 e. The van der Waals surface area contributed by atoms with E-state index in [9.17, 15) is 4.79 Å². The second kappa shape index (κ2) is 5.57. The van der Waals surface area contributed by atoms with Crippen molar-refractivity contribution >= 4 is 17.4 Å². The van der Waals surface area contributed by atoms with Crippen LogP contribution >= 0.6 is 0 Å². The molecule has 0 bridgehead atoms. The molecule has 0 saturated carbocycles.